The predicted molar refractivity (Wildman–Crippen MR) is 61.1 cm³/mol. The van der Waals surface area contributed by atoms with Gasteiger partial charge in [-0.05, 0) is 12.1 Å². The molecule has 2 atom stereocenters. The summed E-state index contributed by atoms with van der Waals surface area (Å²) in [7, 11) is 0. The fraction of sp³-hybridized carbons (Fsp3) is 0.364. The number of carboxylic acids is 1. The molecule has 16 heavy (non-hydrogen) atoms. The van der Waals surface area contributed by atoms with E-state index in [9.17, 15) is 4.79 Å². The van der Waals surface area contributed by atoms with E-state index < -0.39 is 11.9 Å². The van der Waals surface area contributed by atoms with Crippen LogP contribution in [0, 0.1) is 17.2 Å². The van der Waals surface area contributed by atoms with E-state index in [1.807, 2.05) is 13.0 Å². The number of aliphatic carboxylic acids is 1. The zero-order valence-electron chi connectivity index (χ0n) is 9.04. The zero-order valence-corrected chi connectivity index (χ0v) is 9.86. The van der Waals surface area contributed by atoms with Gasteiger partial charge in [0.05, 0.1) is 22.6 Å². The van der Waals surface area contributed by atoms with Crippen LogP contribution in [0.2, 0.25) is 0 Å². The molecule has 0 fully saturated rings. The van der Waals surface area contributed by atoms with Crippen molar-refractivity contribution in [1.82, 2.24) is 4.98 Å². The van der Waals surface area contributed by atoms with Crippen LogP contribution in [0.1, 0.15) is 19.4 Å². The lowest BCUT2D eigenvalue weighted by Gasteiger charge is -2.14. The number of aromatic nitrogens is 1. The van der Waals surface area contributed by atoms with Crippen LogP contribution in [0.3, 0.4) is 0 Å². The van der Waals surface area contributed by atoms with Gasteiger partial charge in [-0.25, -0.2) is 4.98 Å². The van der Waals surface area contributed by atoms with Crippen molar-refractivity contribution in [3.63, 3.8) is 0 Å². The Morgan fingerprint density at radius 2 is 2.31 bits per heavy atom. The molecule has 1 heterocycles. The van der Waals surface area contributed by atoms with Gasteiger partial charge in [-0.15, -0.1) is 11.8 Å². The zero-order chi connectivity index (χ0) is 12.1. The number of nitriles is 1. The first kappa shape index (κ1) is 12.5. The molecule has 4 nitrogen and oxygen atoms in total. The van der Waals surface area contributed by atoms with E-state index in [-0.39, 0.29) is 5.25 Å². The van der Waals surface area contributed by atoms with Gasteiger partial charge in [0, 0.05) is 11.4 Å². The number of carbonyl (C=O) groups is 1. The minimum absolute atomic E-state index is 0.0843. The largest absolute Gasteiger partial charge is 0.481 e. The lowest BCUT2D eigenvalue weighted by atomic mass is 10.1. The Morgan fingerprint density at radius 3 is 2.88 bits per heavy atom. The fourth-order valence-corrected chi connectivity index (χ4v) is 2.05. The van der Waals surface area contributed by atoms with E-state index in [1.54, 1.807) is 25.3 Å². The van der Waals surface area contributed by atoms with Crippen LogP contribution in [0.25, 0.3) is 0 Å². The molecule has 0 radical (unpaired) electrons. The van der Waals surface area contributed by atoms with E-state index in [2.05, 4.69) is 4.98 Å². The molecule has 0 amide bonds. The van der Waals surface area contributed by atoms with Crippen molar-refractivity contribution in [3.8, 4) is 6.07 Å². The van der Waals surface area contributed by atoms with Gasteiger partial charge in [0.2, 0.25) is 0 Å². The van der Waals surface area contributed by atoms with Crippen molar-refractivity contribution in [2.75, 3.05) is 0 Å². The highest BCUT2D eigenvalue weighted by Crippen LogP contribution is 2.26. The smallest absolute Gasteiger partial charge is 0.307 e. The predicted octanol–water partition coefficient (Wildman–Crippen LogP) is 2.15. The van der Waals surface area contributed by atoms with Crippen LogP contribution < -0.4 is 0 Å². The molecule has 1 rings (SSSR count). The van der Waals surface area contributed by atoms with E-state index in [0.29, 0.717) is 10.6 Å². The van der Waals surface area contributed by atoms with Gasteiger partial charge in [-0.1, -0.05) is 13.8 Å². The quantitative estimate of drug-likeness (QED) is 0.811. The molecule has 1 aromatic rings. The Labute approximate surface area is 98.3 Å². The number of nitrogens with zero attached hydrogens (tertiary/aromatic N) is 2. The molecule has 1 N–H and O–H groups in total. The minimum Gasteiger partial charge on any atom is -0.481 e. The summed E-state index contributed by atoms with van der Waals surface area (Å²) < 4.78 is 0. The summed E-state index contributed by atoms with van der Waals surface area (Å²) in [5, 5.41) is 18.2. The summed E-state index contributed by atoms with van der Waals surface area (Å²) in [4.78, 5) is 14.9. The van der Waals surface area contributed by atoms with Crippen molar-refractivity contribution < 1.29 is 9.90 Å². The van der Waals surface area contributed by atoms with Crippen LogP contribution in [-0.2, 0) is 4.79 Å². The van der Waals surface area contributed by atoms with Gasteiger partial charge in [0.25, 0.3) is 0 Å². The van der Waals surface area contributed by atoms with Crippen LogP contribution in [0.15, 0.2) is 23.4 Å². The Balaban J connectivity index is 2.73. The average Bonchev–Trinajstić information content (AvgIpc) is 2.28. The first-order valence-electron chi connectivity index (χ1n) is 4.80. The van der Waals surface area contributed by atoms with Crippen molar-refractivity contribution in [2.45, 2.75) is 24.1 Å². The molecule has 1 aromatic heterocycles. The number of thioether (sulfide) groups is 1. The summed E-state index contributed by atoms with van der Waals surface area (Å²) in [5.41, 5.74) is 0.535. The van der Waals surface area contributed by atoms with Gasteiger partial charge in [-0.2, -0.15) is 5.26 Å². The number of rotatable bonds is 4. The highest BCUT2D eigenvalue weighted by molar-refractivity contribution is 7.99. The second kappa shape index (κ2) is 5.52. The molecule has 0 aliphatic rings. The average molecular weight is 236 g/mol. The topological polar surface area (TPSA) is 74.0 Å². The molecule has 84 valence electrons. The number of hydrogen-bond acceptors (Lipinski definition) is 4. The standard InChI is InChI=1S/C11H12N2O2S/c1-7(11(14)15)8(2)16-10-5-9(6-12)3-4-13-10/h3-5,7-8H,1-2H3,(H,14,15). The van der Waals surface area contributed by atoms with E-state index in [4.69, 9.17) is 10.4 Å². The van der Waals surface area contributed by atoms with Gasteiger partial charge in [0.15, 0.2) is 0 Å². The van der Waals surface area contributed by atoms with E-state index in [1.165, 1.54) is 11.8 Å². The third-order valence-corrected chi connectivity index (χ3v) is 3.51. The van der Waals surface area contributed by atoms with Crippen molar-refractivity contribution in [1.29, 1.82) is 5.26 Å². The Morgan fingerprint density at radius 1 is 1.62 bits per heavy atom. The third kappa shape index (κ3) is 3.24. The monoisotopic (exact) mass is 236 g/mol. The molecule has 0 aromatic carbocycles. The summed E-state index contributed by atoms with van der Waals surface area (Å²) in [6.07, 6.45) is 1.55. The van der Waals surface area contributed by atoms with Crippen molar-refractivity contribution >= 4 is 17.7 Å². The first-order valence-corrected chi connectivity index (χ1v) is 5.68. The first-order chi connectivity index (χ1) is 7.54. The van der Waals surface area contributed by atoms with E-state index in [0.717, 1.165) is 0 Å². The Hall–Kier alpha value is -1.54. The molecule has 0 aliphatic heterocycles. The second-order valence-electron chi connectivity index (χ2n) is 3.44. The van der Waals surface area contributed by atoms with Gasteiger partial charge >= 0.3 is 5.97 Å². The lowest BCUT2D eigenvalue weighted by Crippen LogP contribution is -2.20. The van der Waals surface area contributed by atoms with E-state index >= 15 is 0 Å². The van der Waals surface area contributed by atoms with Crippen LogP contribution in [0.5, 0.6) is 0 Å². The summed E-state index contributed by atoms with van der Waals surface area (Å²) in [6.45, 7) is 3.50. The highest BCUT2D eigenvalue weighted by Gasteiger charge is 2.20. The Bertz CT molecular complexity index is 428. The van der Waals surface area contributed by atoms with Crippen LogP contribution >= 0.6 is 11.8 Å². The van der Waals surface area contributed by atoms with Crippen LogP contribution in [0.4, 0.5) is 0 Å². The third-order valence-electron chi connectivity index (χ3n) is 2.26. The molecular formula is C11H12N2O2S. The Kier molecular flexibility index (Phi) is 4.32. The number of carboxylic acid groups (broad SMARTS) is 1. The maximum Gasteiger partial charge on any atom is 0.307 e. The number of pyridine rings is 1. The van der Waals surface area contributed by atoms with Crippen molar-refractivity contribution in [3.05, 3.63) is 23.9 Å². The molecule has 0 spiro atoms. The molecule has 0 saturated heterocycles. The second-order valence-corrected chi connectivity index (χ2v) is 4.84. The lowest BCUT2D eigenvalue weighted by molar-refractivity contribution is -0.140. The SMILES string of the molecule is CC(Sc1cc(C#N)ccn1)C(C)C(=O)O. The molecule has 0 saturated carbocycles. The normalized spacial score (nSPS) is 13.8. The van der Waals surface area contributed by atoms with Crippen molar-refractivity contribution in [2.24, 2.45) is 5.92 Å². The summed E-state index contributed by atoms with van der Waals surface area (Å²) in [5.74, 6) is -1.27. The molecule has 0 aliphatic carbocycles. The maximum absolute atomic E-state index is 10.8. The molecular weight excluding hydrogens is 224 g/mol. The maximum atomic E-state index is 10.8. The minimum atomic E-state index is -0.823. The van der Waals surface area contributed by atoms with Gasteiger partial charge in [0.1, 0.15) is 0 Å². The summed E-state index contributed by atoms with van der Waals surface area (Å²) >= 11 is 1.37. The number of hydrogen-bond donors (Lipinski definition) is 1. The van der Waals surface area contributed by atoms with Gasteiger partial charge < -0.3 is 5.11 Å². The van der Waals surface area contributed by atoms with Crippen LogP contribution in [-0.4, -0.2) is 21.3 Å². The van der Waals surface area contributed by atoms with Gasteiger partial charge in [-0.3, -0.25) is 4.79 Å². The summed E-state index contributed by atoms with van der Waals surface area (Å²) in [6, 6.07) is 5.31. The highest BCUT2D eigenvalue weighted by atomic mass is 32.2. The molecule has 2 unspecified atom stereocenters. The molecule has 5 heteroatoms. The molecule has 0 bridgehead atoms. The fourth-order valence-electron chi connectivity index (χ4n) is 1.04.